The summed E-state index contributed by atoms with van der Waals surface area (Å²) >= 11 is 0. The lowest BCUT2D eigenvalue weighted by atomic mass is 10.2. The molecule has 1 aliphatic heterocycles. The number of carbonyl (C=O) groups is 1. The van der Waals surface area contributed by atoms with E-state index in [4.69, 9.17) is 4.74 Å². The molecule has 8 nitrogen and oxygen atoms in total. The molecule has 26 heavy (non-hydrogen) atoms. The molecule has 1 atom stereocenters. The van der Waals surface area contributed by atoms with Gasteiger partial charge < -0.3 is 14.6 Å². The quantitative estimate of drug-likeness (QED) is 0.727. The van der Waals surface area contributed by atoms with Crippen LogP contribution in [-0.4, -0.2) is 49.1 Å². The maximum absolute atomic E-state index is 13.2. The number of nitrogens with one attached hydrogen (secondary N) is 2. The fourth-order valence-corrected chi connectivity index (χ4v) is 3.26. The summed E-state index contributed by atoms with van der Waals surface area (Å²) in [5, 5.41) is 6.99. The topological polar surface area (TPSA) is 99.8 Å². The average molecular weight is 358 g/mol. The molecule has 2 N–H and O–H groups in total. The second-order valence-corrected chi connectivity index (χ2v) is 6.36. The number of H-pyrrole nitrogens is 2. The maximum atomic E-state index is 13.2. The summed E-state index contributed by atoms with van der Waals surface area (Å²) in [6.07, 6.45) is 1.76. The Balaban J connectivity index is 1.35. The first-order valence-corrected chi connectivity index (χ1v) is 8.50. The molecule has 0 radical (unpaired) electrons. The van der Waals surface area contributed by atoms with Crippen LogP contribution in [0, 0.1) is 12.7 Å². The van der Waals surface area contributed by atoms with Gasteiger partial charge in [-0.05, 0) is 38.0 Å². The van der Waals surface area contributed by atoms with Crippen molar-refractivity contribution in [3.05, 3.63) is 41.5 Å². The van der Waals surface area contributed by atoms with Crippen LogP contribution in [0.1, 0.15) is 36.4 Å². The Morgan fingerprint density at radius 1 is 1.42 bits per heavy atom. The molecule has 3 heterocycles. The Kier molecular flexibility index (Phi) is 4.37. The predicted molar refractivity (Wildman–Crippen MR) is 90.5 cm³/mol. The molecule has 1 saturated heterocycles. The number of carbonyl (C=O) groups excluding carboxylic acids is 1. The number of hydrogen-bond acceptors (Lipinski definition) is 5. The number of halogens is 1. The number of aryl methyl sites for hydroxylation is 1. The fraction of sp³-hybridized carbons (Fsp3) is 0.412. The largest absolute Gasteiger partial charge is 0.364 e. The van der Waals surface area contributed by atoms with Gasteiger partial charge in [-0.2, -0.15) is 5.10 Å². The van der Waals surface area contributed by atoms with E-state index in [1.165, 1.54) is 12.1 Å². The number of aromatic nitrogens is 5. The molecular formula is C17H19FN6O2. The van der Waals surface area contributed by atoms with Crippen LogP contribution in [0.3, 0.4) is 0 Å². The van der Waals surface area contributed by atoms with E-state index in [9.17, 15) is 9.18 Å². The summed E-state index contributed by atoms with van der Waals surface area (Å²) in [6.45, 7) is 2.61. The van der Waals surface area contributed by atoms with E-state index in [0.717, 1.165) is 18.7 Å². The third-order valence-electron chi connectivity index (χ3n) is 4.44. The van der Waals surface area contributed by atoms with E-state index in [-0.39, 0.29) is 31.0 Å². The maximum Gasteiger partial charge on any atom is 0.249 e. The smallest absolute Gasteiger partial charge is 0.249 e. The van der Waals surface area contributed by atoms with Gasteiger partial charge in [-0.25, -0.2) is 14.4 Å². The Bertz CT molecular complexity index is 936. The second kappa shape index (κ2) is 6.83. The van der Waals surface area contributed by atoms with Crippen molar-refractivity contribution in [2.45, 2.75) is 32.4 Å². The van der Waals surface area contributed by atoms with Gasteiger partial charge in [-0.1, -0.05) is 0 Å². The van der Waals surface area contributed by atoms with Crippen LogP contribution in [-0.2, 0) is 16.1 Å². The number of rotatable bonds is 5. The van der Waals surface area contributed by atoms with Crippen LogP contribution >= 0.6 is 0 Å². The molecule has 4 rings (SSSR count). The second-order valence-electron chi connectivity index (χ2n) is 6.36. The van der Waals surface area contributed by atoms with Crippen LogP contribution in [0.15, 0.2) is 18.2 Å². The lowest BCUT2D eigenvalue weighted by molar-refractivity contribution is -0.137. The van der Waals surface area contributed by atoms with Crippen molar-refractivity contribution in [3.8, 4) is 0 Å². The molecule has 0 saturated carbocycles. The number of nitrogens with zero attached hydrogens (tertiary/aromatic N) is 4. The summed E-state index contributed by atoms with van der Waals surface area (Å²) in [7, 11) is 0. The van der Waals surface area contributed by atoms with Crippen LogP contribution in [0.4, 0.5) is 4.39 Å². The van der Waals surface area contributed by atoms with E-state index >= 15 is 0 Å². The minimum atomic E-state index is -0.328. The molecule has 1 amide bonds. The van der Waals surface area contributed by atoms with Crippen molar-refractivity contribution in [1.29, 1.82) is 0 Å². The van der Waals surface area contributed by atoms with E-state index in [1.54, 1.807) is 11.0 Å². The first-order chi connectivity index (χ1) is 12.6. The third-order valence-corrected chi connectivity index (χ3v) is 4.44. The molecule has 0 bridgehead atoms. The lowest BCUT2D eigenvalue weighted by Crippen LogP contribution is -2.34. The Labute approximate surface area is 148 Å². The van der Waals surface area contributed by atoms with Gasteiger partial charge in [-0.15, -0.1) is 0 Å². The Hall–Kier alpha value is -2.81. The highest BCUT2D eigenvalue weighted by molar-refractivity contribution is 5.78. The summed E-state index contributed by atoms with van der Waals surface area (Å²) in [4.78, 5) is 25.9. The third kappa shape index (κ3) is 3.30. The molecule has 1 aromatic carbocycles. The van der Waals surface area contributed by atoms with E-state index in [1.807, 2.05) is 6.92 Å². The van der Waals surface area contributed by atoms with Crippen molar-refractivity contribution >= 4 is 16.9 Å². The number of amides is 1. The van der Waals surface area contributed by atoms with Gasteiger partial charge in [0.05, 0.1) is 17.1 Å². The van der Waals surface area contributed by atoms with Gasteiger partial charge in [0.1, 0.15) is 30.7 Å². The molecule has 9 heteroatoms. The normalized spacial score (nSPS) is 17.3. The van der Waals surface area contributed by atoms with Gasteiger partial charge in [0.15, 0.2) is 5.82 Å². The molecule has 2 aromatic heterocycles. The zero-order chi connectivity index (χ0) is 18.1. The molecule has 1 fully saturated rings. The molecule has 136 valence electrons. The summed E-state index contributed by atoms with van der Waals surface area (Å²) in [5.74, 6) is 1.51. The van der Waals surface area contributed by atoms with Crippen molar-refractivity contribution in [3.63, 3.8) is 0 Å². The minimum Gasteiger partial charge on any atom is -0.364 e. The fourth-order valence-electron chi connectivity index (χ4n) is 3.26. The van der Waals surface area contributed by atoms with Gasteiger partial charge in [0.25, 0.3) is 0 Å². The number of fused-ring (bicyclic) bond motifs is 1. The summed E-state index contributed by atoms with van der Waals surface area (Å²) < 4.78 is 18.7. The van der Waals surface area contributed by atoms with Gasteiger partial charge in [0, 0.05) is 6.54 Å². The predicted octanol–water partition coefficient (Wildman–Crippen LogP) is 2.01. The molecular weight excluding hydrogens is 339 g/mol. The number of hydrogen-bond donors (Lipinski definition) is 2. The van der Waals surface area contributed by atoms with E-state index < -0.39 is 0 Å². The van der Waals surface area contributed by atoms with Crippen LogP contribution in [0.25, 0.3) is 11.0 Å². The van der Waals surface area contributed by atoms with Gasteiger partial charge in [0.2, 0.25) is 5.91 Å². The van der Waals surface area contributed by atoms with Crippen molar-refractivity contribution in [1.82, 2.24) is 30.0 Å². The average Bonchev–Trinajstić information content (AvgIpc) is 3.32. The van der Waals surface area contributed by atoms with Crippen LogP contribution < -0.4 is 0 Å². The highest BCUT2D eigenvalue weighted by atomic mass is 19.1. The SMILES string of the molecule is Cc1nc([C@@H]2CCCN2C(=O)COCc2nc3ccc(F)cc3[nH]2)n[nH]1. The highest BCUT2D eigenvalue weighted by Gasteiger charge is 2.32. The molecule has 0 spiro atoms. The molecule has 3 aromatic rings. The lowest BCUT2D eigenvalue weighted by Gasteiger charge is -2.22. The van der Waals surface area contributed by atoms with Crippen LogP contribution in [0.2, 0.25) is 0 Å². The van der Waals surface area contributed by atoms with Gasteiger partial charge in [-0.3, -0.25) is 9.89 Å². The number of aromatic amines is 2. The van der Waals surface area contributed by atoms with Crippen LogP contribution in [0.5, 0.6) is 0 Å². The zero-order valence-electron chi connectivity index (χ0n) is 14.3. The van der Waals surface area contributed by atoms with E-state index in [2.05, 4.69) is 25.1 Å². The molecule has 0 aliphatic carbocycles. The van der Waals surface area contributed by atoms with Crippen molar-refractivity contribution in [2.75, 3.05) is 13.2 Å². The first kappa shape index (κ1) is 16.6. The number of ether oxygens (including phenoxy) is 1. The summed E-state index contributed by atoms with van der Waals surface area (Å²) in [5.41, 5.74) is 1.27. The monoisotopic (exact) mass is 358 g/mol. The van der Waals surface area contributed by atoms with Gasteiger partial charge >= 0.3 is 0 Å². The summed E-state index contributed by atoms with van der Waals surface area (Å²) in [6, 6.07) is 4.23. The Morgan fingerprint density at radius 2 is 2.31 bits per heavy atom. The standard InChI is InChI=1S/C17H19FN6O2/c1-10-19-17(23-22-10)14-3-2-6-24(14)16(25)9-26-8-15-20-12-5-4-11(18)7-13(12)21-15/h4-5,7,14H,2-3,6,8-9H2,1H3,(H,20,21)(H,19,22,23)/t14-/m0/s1. The van der Waals surface area contributed by atoms with Crippen molar-refractivity contribution in [2.24, 2.45) is 0 Å². The highest BCUT2D eigenvalue weighted by Crippen LogP contribution is 2.29. The zero-order valence-corrected chi connectivity index (χ0v) is 14.3. The molecule has 0 unspecified atom stereocenters. The number of imidazole rings is 1. The molecule has 1 aliphatic rings. The van der Waals surface area contributed by atoms with Crippen molar-refractivity contribution < 1.29 is 13.9 Å². The van der Waals surface area contributed by atoms with E-state index in [0.29, 0.717) is 29.2 Å². The number of likely N-dealkylation sites (tertiary alicyclic amines) is 1. The first-order valence-electron chi connectivity index (χ1n) is 8.50. The Morgan fingerprint density at radius 3 is 3.12 bits per heavy atom. The number of benzene rings is 1. The minimum absolute atomic E-state index is 0.0503.